The number of unbranched alkanes of at least 4 members (excludes halogenated alkanes) is 11. The highest BCUT2D eigenvalue weighted by Crippen LogP contribution is 2.11. The lowest BCUT2D eigenvalue weighted by molar-refractivity contribution is -0.121. The van der Waals surface area contributed by atoms with Crippen molar-refractivity contribution in [3.05, 3.63) is 0 Å². The molecule has 1 amide bonds. The zero-order valence-electron chi connectivity index (χ0n) is 14.9. The van der Waals surface area contributed by atoms with Gasteiger partial charge >= 0.3 is 0 Å². The Hall–Kier alpha value is -0.530. The van der Waals surface area contributed by atoms with Crippen molar-refractivity contribution in [3.8, 4) is 0 Å². The minimum atomic E-state index is 0.216. The maximum absolute atomic E-state index is 11.4. The maximum Gasteiger partial charge on any atom is 0.220 e. The highest BCUT2D eigenvalue weighted by atomic mass is 16.1. The van der Waals surface area contributed by atoms with Crippen molar-refractivity contribution in [2.45, 2.75) is 104 Å². The third kappa shape index (κ3) is 17.4. The van der Waals surface area contributed by atoms with E-state index in [1.807, 2.05) is 0 Å². The lowest BCUT2D eigenvalue weighted by Gasteiger charge is -2.07. The van der Waals surface area contributed by atoms with Crippen LogP contribution >= 0.6 is 0 Å². The number of hydrogen-bond donors (Lipinski definition) is 1. The van der Waals surface area contributed by atoms with Crippen LogP contribution in [-0.4, -0.2) is 12.5 Å². The Kier molecular flexibility index (Phi) is 15.5. The highest BCUT2D eigenvalue weighted by molar-refractivity contribution is 5.75. The minimum absolute atomic E-state index is 0.216. The van der Waals surface area contributed by atoms with E-state index in [1.54, 1.807) is 0 Å². The van der Waals surface area contributed by atoms with E-state index in [1.165, 1.54) is 70.6 Å². The molecule has 1 N–H and O–H groups in total. The van der Waals surface area contributed by atoms with Crippen LogP contribution < -0.4 is 5.32 Å². The van der Waals surface area contributed by atoms with Gasteiger partial charge in [-0.15, -0.1) is 0 Å². The second-order valence-electron chi connectivity index (χ2n) is 6.84. The van der Waals surface area contributed by atoms with E-state index in [4.69, 9.17) is 0 Å². The molecule has 21 heavy (non-hydrogen) atoms. The number of carbonyl (C=O) groups excluding carboxylic acids is 1. The zero-order valence-corrected chi connectivity index (χ0v) is 14.9. The van der Waals surface area contributed by atoms with Crippen LogP contribution in [0, 0.1) is 5.92 Å². The van der Waals surface area contributed by atoms with Gasteiger partial charge in [0.15, 0.2) is 0 Å². The molecule has 0 aromatic rings. The quantitative estimate of drug-likeness (QED) is 0.377. The molecule has 0 atom stereocenters. The van der Waals surface area contributed by atoms with E-state index < -0.39 is 0 Å². The number of carbonyl (C=O) groups is 1. The SMILES string of the molecule is CCCCCCCCCCCCCCNC(=O)CC(C)C. The molecule has 126 valence electrons. The number of nitrogens with one attached hydrogen (secondary N) is 1. The highest BCUT2D eigenvalue weighted by Gasteiger charge is 2.02. The fraction of sp³-hybridized carbons (Fsp3) is 0.947. The second kappa shape index (κ2) is 15.9. The van der Waals surface area contributed by atoms with E-state index >= 15 is 0 Å². The smallest absolute Gasteiger partial charge is 0.220 e. The van der Waals surface area contributed by atoms with Crippen molar-refractivity contribution < 1.29 is 4.79 Å². The average Bonchev–Trinajstić information content (AvgIpc) is 2.43. The summed E-state index contributed by atoms with van der Waals surface area (Å²) < 4.78 is 0. The Balaban J connectivity index is 3.07. The van der Waals surface area contributed by atoms with Gasteiger partial charge < -0.3 is 5.32 Å². The van der Waals surface area contributed by atoms with Gasteiger partial charge in [-0.1, -0.05) is 91.4 Å². The molecule has 0 saturated carbocycles. The second-order valence-corrected chi connectivity index (χ2v) is 6.84. The van der Waals surface area contributed by atoms with Crippen LogP contribution in [0.3, 0.4) is 0 Å². The first kappa shape index (κ1) is 20.5. The van der Waals surface area contributed by atoms with Gasteiger partial charge in [-0.3, -0.25) is 4.79 Å². The third-order valence-corrected chi connectivity index (χ3v) is 3.95. The molecule has 0 aliphatic carbocycles. The largest absolute Gasteiger partial charge is 0.356 e. The summed E-state index contributed by atoms with van der Waals surface area (Å²) in [6.07, 6.45) is 17.1. The van der Waals surface area contributed by atoms with E-state index in [2.05, 4.69) is 26.1 Å². The van der Waals surface area contributed by atoms with Gasteiger partial charge in [0.2, 0.25) is 5.91 Å². The van der Waals surface area contributed by atoms with Gasteiger partial charge in [0, 0.05) is 13.0 Å². The Morgan fingerprint density at radius 3 is 1.62 bits per heavy atom. The monoisotopic (exact) mass is 297 g/mol. The normalized spacial score (nSPS) is 11.0. The third-order valence-electron chi connectivity index (χ3n) is 3.95. The standard InChI is InChI=1S/C19H39NO/c1-4-5-6-7-8-9-10-11-12-13-14-15-16-20-19(21)17-18(2)3/h18H,4-17H2,1-3H3,(H,20,21). The van der Waals surface area contributed by atoms with E-state index in [9.17, 15) is 4.79 Å². The average molecular weight is 298 g/mol. The Labute approximate surface area is 133 Å². The Morgan fingerprint density at radius 2 is 1.19 bits per heavy atom. The molecular weight excluding hydrogens is 258 g/mol. The zero-order chi connectivity index (χ0) is 15.8. The van der Waals surface area contributed by atoms with Crippen LogP contribution in [0.1, 0.15) is 104 Å². The maximum atomic E-state index is 11.4. The summed E-state index contributed by atoms with van der Waals surface area (Å²) in [6, 6.07) is 0. The van der Waals surface area contributed by atoms with Crippen LogP contribution in [0.4, 0.5) is 0 Å². The van der Waals surface area contributed by atoms with Gasteiger partial charge in [-0.2, -0.15) is 0 Å². The van der Waals surface area contributed by atoms with Gasteiger partial charge in [0.05, 0.1) is 0 Å². The van der Waals surface area contributed by atoms with Crippen LogP contribution in [0.25, 0.3) is 0 Å². The fourth-order valence-corrected chi connectivity index (χ4v) is 2.64. The summed E-state index contributed by atoms with van der Waals surface area (Å²) in [7, 11) is 0. The van der Waals surface area contributed by atoms with Gasteiger partial charge in [0.1, 0.15) is 0 Å². The molecule has 0 aliphatic rings. The van der Waals surface area contributed by atoms with Crippen molar-refractivity contribution in [1.82, 2.24) is 5.32 Å². The molecule has 0 radical (unpaired) electrons. The first-order valence-electron chi connectivity index (χ1n) is 9.43. The van der Waals surface area contributed by atoms with E-state index in [0.717, 1.165) is 13.0 Å². The molecule has 0 aromatic carbocycles. The van der Waals surface area contributed by atoms with Crippen molar-refractivity contribution in [3.63, 3.8) is 0 Å². The van der Waals surface area contributed by atoms with Gasteiger partial charge in [-0.25, -0.2) is 0 Å². The molecule has 0 spiro atoms. The van der Waals surface area contributed by atoms with Crippen LogP contribution in [-0.2, 0) is 4.79 Å². The Bertz CT molecular complexity index is 226. The predicted octanol–water partition coefficient (Wildman–Crippen LogP) is 5.85. The summed E-state index contributed by atoms with van der Waals surface area (Å²) in [5, 5.41) is 3.01. The lowest BCUT2D eigenvalue weighted by atomic mass is 10.1. The topological polar surface area (TPSA) is 29.1 Å². The molecule has 0 unspecified atom stereocenters. The number of hydrogen-bond acceptors (Lipinski definition) is 1. The summed E-state index contributed by atoms with van der Waals surface area (Å²) in [4.78, 5) is 11.4. The van der Waals surface area contributed by atoms with Gasteiger partial charge in [0.25, 0.3) is 0 Å². The Morgan fingerprint density at radius 1 is 0.762 bits per heavy atom. The molecule has 2 nitrogen and oxygen atoms in total. The van der Waals surface area contributed by atoms with Crippen molar-refractivity contribution in [1.29, 1.82) is 0 Å². The molecule has 0 fully saturated rings. The molecular formula is C19H39NO. The van der Waals surface area contributed by atoms with Crippen molar-refractivity contribution in [2.75, 3.05) is 6.54 Å². The fourth-order valence-electron chi connectivity index (χ4n) is 2.64. The van der Waals surface area contributed by atoms with Crippen molar-refractivity contribution in [2.24, 2.45) is 5.92 Å². The minimum Gasteiger partial charge on any atom is -0.356 e. The first-order valence-corrected chi connectivity index (χ1v) is 9.43. The van der Waals surface area contributed by atoms with Crippen LogP contribution in [0.5, 0.6) is 0 Å². The lowest BCUT2D eigenvalue weighted by Crippen LogP contribution is -2.25. The molecule has 0 heterocycles. The summed E-state index contributed by atoms with van der Waals surface area (Å²) in [5.74, 6) is 0.681. The summed E-state index contributed by atoms with van der Waals surface area (Å²) >= 11 is 0. The van der Waals surface area contributed by atoms with Gasteiger partial charge in [-0.05, 0) is 12.3 Å². The number of rotatable bonds is 15. The molecule has 0 bridgehead atoms. The van der Waals surface area contributed by atoms with E-state index in [0.29, 0.717) is 12.3 Å². The van der Waals surface area contributed by atoms with Crippen LogP contribution in [0.2, 0.25) is 0 Å². The summed E-state index contributed by atoms with van der Waals surface area (Å²) in [6.45, 7) is 7.31. The summed E-state index contributed by atoms with van der Waals surface area (Å²) in [5.41, 5.74) is 0. The molecule has 2 heteroatoms. The number of amides is 1. The molecule has 0 rings (SSSR count). The predicted molar refractivity (Wildman–Crippen MR) is 93.5 cm³/mol. The molecule has 0 saturated heterocycles. The molecule has 0 aromatic heterocycles. The first-order chi connectivity index (χ1) is 10.2. The van der Waals surface area contributed by atoms with Crippen LogP contribution in [0.15, 0.2) is 0 Å². The van der Waals surface area contributed by atoms with Crippen molar-refractivity contribution >= 4 is 5.91 Å². The molecule has 0 aliphatic heterocycles. The van der Waals surface area contributed by atoms with E-state index in [-0.39, 0.29) is 5.91 Å².